The third kappa shape index (κ3) is 3.62. The highest BCUT2D eigenvalue weighted by molar-refractivity contribution is 6.34. The fourth-order valence-corrected chi connectivity index (χ4v) is 5.52. The van der Waals surface area contributed by atoms with Crippen molar-refractivity contribution in [1.29, 1.82) is 0 Å². The first-order chi connectivity index (χ1) is 15.6. The standard InChI is InChI=1S/C22H25ClN6O4/c1-21(2,3)33-20(32)28-12-4-5-13(28)10-22(9-12)27-18(30)17-14(23)8-15(19(31)29(17)22)26-16-6-7-24-11-25-16/h6-8,11-13H,4-5,9-10H2,1-3H3,(H,27,30)(H,24,25,26). The Morgan fingerprint density at radius 3 is 2.58 bits per heavy atom. The summed E-state index contributed by atoms with van der Waals surface area (Å²) in [5.41, 5.74) is -1.59. The number of aromatic nitrogens is 3. The minimum atomic E-state index is -0.957. The number of amides is 2. The highest BCUT2D eigenvalue weighted by atomic mass is 35.5. The summed E-state index contributed by atoms with van der Waals surface area (Å²) in [4.78, 5) is 49.1. The highest BCUT2D eigenvalue weighted by Gasteiger charge is 2.56. The summed E-state index contributed by atoms with van der Waals surface area (Å²) in [5, 5.41) is 6.17. The van der Waals surface area contributed by atoms with Crippen molar-refractivity contribution >= 4 is 35.1 Å². The number of anilines is 2. The second-order valence-corrected chi connectivity index (χ2v) is 10.2. The zero-order valence-electron chi connectivity index (χ0n) is 18.6. The van der Waals surface area contributed by atoms with Crippen molar-refractivity contribution in [2.24, 2.45) is 0 Å². The lowest BCUT2D eigenvalue weighted by Crippen LogP contribution is -2.60. The van der Waals surface area contributed by atoms with E-state index in [4.69, 9.17) is 16.3 Å². The van der Waals surface area contributed by atoms with Crippen LogP contribution in [0.25, 0.3) is 0 Å². The maximum atomic E-state index is 13.6. The molecule has 3 aliphatic rings. The molecule has 2 saturated heterocycles. The van der Waals surface area contributed by atoms with Crippen molar-refractivity contribution in [3.63, 3.8) is 0 Å². The third-order valence-corrected chi connectivity index (χ3v) is 6.65. The summed E-state index contributed by atoms with van der Waals surface area (Å²) < 4.78 is 7.09. The van der Waals surface area contributed by atoms with Gasteiger partial charge in [0.1, 0.15) is 34.8 Å². The van der Waals surface area contributed by atoms with E-state index >= 15 is 0 Å². The van der Waals surface area contributed by atoms with Gasteiger partial charge in [-0.2, -0.15) is 0 Å². The molecule has 2 bridgehead atoms. The minimum Gasteiger partial charge on any atom is -0.444 e. The van der Waals surface area contributed by atoms with Crippen molar-refractivity contribution in [2.75, 3.05) is 5.32 Å². The van der Waals surface area contributed by atoms with Gasteiger partial charge in [0.15, 0.2) is 0 Å². The number of nitrogens with zero attached hydrogens (tertiary/aromatic N) is 4. The van der Waals surface area contributed by atoms with Gasteiger partial charge in [0.25, 0.3) is 11.5 Å². The summed E-state index contributed by atoms with van der Waals surface area (Å²) in [5.74, 6) is 0.0423. The number of carbonyl (C=O) groups is 2. The molecular formula is C22H25ClN6O4. The Morgan fingerprint density at radius 1 is 1.27 bits per heavy atom. The summed E-state index contributed by atoms with van der Waals surface area (Å²) in [6, 6.07) is 2.76. The van der Waals surface area contributed by atoms with Crippen LogP contribution in [0.5, 0.6) is 0 Å². The molecule has 0 radical (unpaired) electrons. The summed E-state index contributed by atoms with van der Waals surface area (Å²) in [6.07, 6.45) is 4.91. The SMILES string of the molecule is CC(C)(C)OC(=O)N1C2CCC1CC1(C2)NC(=O)c2c(Cl)cc(Nc3ccncn3)c(=O)n21. The van der Waals surface area contributed by atoms with Crippen molar-refractivity contribution in [1.82, 2.24) is 24.8 Å². The van der Waals surface area contributed by atoms with Gasteiger partial charge in [-0.05, 0) is 45.7 Å². The zero-order chi connectivity index (χ0) is 23.5. The van der Waals surface area contributed by atoms with Gasteiger partial charge in [-0.3, -0.25) is 14.2 Å². The number of carbonyl (C=O) groups excluding carboxylic acids is 2. The number of hydrogen-bond acceptors (Lipinski definition) is 7. The van der Waals surface area contributed by atoms with Crippen LogP contribution in [-0.4, -0.2) is 49.1 Å². The van der Waals surface area contributed by atoms with E-state index in [1.165, 1.54) is 17.0 Å². The van der Waals surface area contributed by atoms with Gasteiger partial charge >= 0.3 is 6.09 Å². The molecule has 2 N–H and O–H groups in total. The van der Waals surface area contributed by atoms with E-state index in [9.17, 15) is 14.4 Å². The second kappa shape index (κ2) is 7.44. The van der Waals surface area contributed by atoms with Crippen LogP contribution in [0.15, 0.2) is 29.5 Å². The van der Waals surface area contributed by atoms with E-state index in [2.05, 4.69) is 20.6 Å². The predicted octanol–water partition coefficient (Wildman–Crippen LogP) is 2.99. The van der Waals surface area contributed by atoms with Gasteiger partial charge in [0, 0.05) is 31.1 Å². The first-order valence-electron chi connectivity index (χ1n) is 10.9. The molecular weight excluding hydrogens is 448 g/mol. The van der Waals surface area contributed by atoms with Gasteiger partial charge in [-0.25, -0.2) is 14.8 Å². The average Bonchev–Trinajstić information content (AvgIpc) is 3.17. The van der Waals surface area contributed by atoms with Crippen molar-refractivity contribution in [2.45, 2.75) is 69.8 Å². The topological polar surface area (TPSA) is 118 Å². The average molecular weight is 473 g/mol. The van der Waals surface area contributed by atoms with Crippen LogP contribution in [0.4, 0.5) is 16.3 Å². The predicted molar refractivity (Wildman–Crippen MR) is 121 cm³/mol. The second-order valence-electron chi connectivity index (χ2n) is 9.78. The minimum absolute atomic E-state index is 0.139. The van der Waals surface area contributed by atoms with Crippen LogP contribution in [0.3, 0.4) is 0 Å². The molecule has 1 spiro atoms. The lowest BCUT2D eigenvalue weighted by atomic mass is 9.90. The molecule has 2 fully saturated rings. The van der Waals surface area contributed by atoms with Crippen LogP contribution >= 0.6 is 11.6 Å². The van der Waals surface area contributed by atoms with Crippen LogP contribution < -0.4 is 16.2 Å². The van der Waals surface area contributed by atoms with E-state index in [1.54, 1.807) is 17.2 Å². The Balaban J connectivity index is 1.52. The molecule has 2 unspecified atom stereocenters. The first-order valence-corrected chi connectivity index (χ1v) is 11.3. The van der Waals surface area contributed by atoms with E-state index in [0.29, 0.717) is 18.7 Å². The van der Waals surface area contributed by atoms with Crippen molar-refractivity contribution < 1.29 is 14.3 Å². The molecule has 10 nitrogen and oxygen atoms in total. The fourth-order valence-electron chi connectivity index (χ4n) is 5.24. The van der Waals surface area contributed by atoms with E-state index < -0.39 is 17.2 Å². The third-order valence-electron chi connectivity index (χ3n) is 6.36. The van der Waals surface area contributed by atoms with Crippen LogP contribution in [0, 0.1) is 0 Å². The molecule has 174 valence electrons. The molecule has 0 saturated carbocycles. The van der Waals surface area contributed by atoms with Gasteiger partial charge < -0.3 is 20.3 Å². The summed E-state index contributed by atoms with van der Waals surface area (Å²) in [6.45, 7) is 5.50. The maximum Gasteiger partial charge on any atom is 0.410 e. The Bertz CT molecular complexity index is 1180. The number of halogens is 1. The van der Waals surface area contributed by atoms with Crippen LogP contribution in [0.2, 0.25) is 5.02 Å². The lowest BCUT2D eigenvalue weighted by molar-refractivity contribution is -0.0125. The van der Waals surface area contributed by atoms with Crippen LogP contribution in [0.1, 0.15) is 56.9 Å². The Hall–Kier alpha value is -3.14. The molecule has 2 aromatic heterocycles. The zero-order valence-corrected chi connectivity index (χ0v) is 19.3. The molecule has 2 atom stereocenters. The van der Waals surface area contributed by atoms with Gasteiger partial charge in [-0.1, -0.05) is 11.6 Å². The molecule has 2 aromatic rings. The highest BCUT2D eigenvalue weighted by Crippen LogP contribution is 2.46. The molecule has 3 aliphatic heterocycles. The number of ether oxygens (including phenoxy) is 1. The monoisotopic (exact) mass is 472 g/mol. The van der Waals surface area contributed by atoms with E-state index in [0.717, 1.165) is 12.8 Å². The number of rotatable bonds is 2. The molecule has 5 heterocycles. The first kappa shape index (κ1) is 21.7. The van der Waals surface area contributed by atoms with Crippen LogP contribution in [-0.2, 0) is 10.4 Å². The van der Waals surface area contributed by atoms with Crippen molar-refractivity contribution in [3.8, 4) is 0 Å². The van der Waals surface area contributed by atoms with Gasteiger partial charge in [0.05, 0.1) is 5.02 Å². The number of piperidine rings is 1. The van der Waals surface area contributed by atoms with Gasteiger partial charge in [-0.15, -0.1) is 0 Å². The largest absolute Gasteiger partial charge is 0.444 e. The number of fused-ring (bicyclic) bond motifs is 4. The normalized spacial score (nSPS) is 25.7. The molecule has 2 amide bonds. The number of nitrogens with one attached hydrogen (secondary N) is 2. The molecule has 0 aliphatic carbocycles. The summed E-state index contributed by atoms with van der Waals surface area (Å²) >= 11 is 6.47. The molecule has 11 heteroatoms. The maximum absolute atomic E-state index is 13.6. The smallest absolute Gasteiger partial charge is 0.410 e. The number of pyridine rings is 1. The quantitative estimate of drug-likeness (QED) is 0.689. The van der Waals surface area contributed by atoms with Gasteiger partial charge in [0.2, 0.25) is 0 Å². The van der Waals surface area contributed by atoms with Crippen molar-refractivity contribution in [3.05, 3.63) is 45.7 Å². The van der Waals surface area contributed by atoms with E-state index in [-0.39, 0.29) is 40.1 Å². The Labute approximate surface area is 195 Å². The Morgan fingerprint density at radius 2 is 1.97 bits per heavy atom. The lowest BCUT2D eigenvalue weighted by Gasteiger charge is -2.45. The fraction of sp³-hybridized carbons (Fsp3) is 0.500. The molecule has 0 aromatic carbocycles. The Kier molecular flexibility index (Phi) is 4.89. The van der Waals surface area contributed by atoms with E-state index in [1.807, 2.05) is 20.8 Å². The molecule has 5 rings (SSSR count). The number of hydrogen-bond donors (Lipinski definition) is 2. The molecule has 33 heavy (non-hydrogen) atoms. The summed E-state index contributed by atoms with van der Waals surface area (Å²) in [7, 11) is 0.